The summed E-state index contributed by atoms with van der Waals surface area (Å²) in [5.74, 6) is -1.34. The number of esters is 1. The van der Waals surface area contributed by atoms with Gasteiger partial charge in [-0.1, -0.05) is 43.2 Å². The molecule has 9 nitrogen and oxygen atoms in total. The zero-order valence-corrected chi connectivity index (χ0v) is 21.6. The number of ketones is 1. The molecule has 1 atom stereocenters. The average molecular weight is 508 g/mol. The Morgan fingerprint density at radius 1 is 1.14 bits per heavy atom. The molecule has 0 saturated carbocycles. The summed E-state index contributed by atoms with van der Waals surface area (Å²) in [6.45, 7) is 5.63. The summed E-state index contributed by atoms with van der Waals surface area (Å²) >= 11 is 0. The second-order valence-electron chi connectivity index (χ2n) is 8.86. The van der Waals surface area contributed by atoms with Crippen LogP contribution in [-0.4, -0.2) is 46.1 Å². The number of Topliss-reactive ketones (excluding diaryl/α,β-unsaturated/α-hetero) is 1. The summed E-state index contributed by atoms with van der Waals surface area (Å²) in [6, 6.07) is 12.2. The second-order valence-corrected chi connectivity index (χ2v) is 8.86. The largest absolute Gasteiger partial charge is 0.489 e. The van der Waals surface area contributed by atoms with Crippen molar-refractivity contribution in [2.24, 2.45) is 0 Å². The Bertz CT molecular complexity index is 1250. The van der Waals surface area contributed by atoms with Crippen molar-refractivity contribution in [2.45, 2.75) is 52.6 Å². The van der Waals surface area contributed by atoms with Crippen LogP contribution < -0.4 is 10.2 Å². The number of aromatic nitrogens is 2. The van der Waals surface area contributed by atoms with Crippen molar-refractivity contribution in [3.8, 4) is 5.75 Å². The molecule has 0 amide bonds. The first-order valence-electron chi connectivity index (χ1n) is 12.2. The minimum absolute atomic E-state index is 0.0637. The molecular weight excluding hydrogens is 474 g/mol. The van der Waals surface area contributed by atoms with Gasteiger partial charge in [-0.3, -0.25) is 9.59 Å². The number of methoxy groups -OCH3 is 1. The number of hydrogen-bond acceptors (Lipinski definition) is 7. The third kappa shape index (κ3) is 6.97. The minimum Gasteiger partial charge on any atom is -0.489 e. The van der Waals surface area contributed by atoms with Crippen LogP contribution in [-0.2, 0) is 27.4 Å². The number of carboxylic acid groups (broad SMARTS) is 1. The maximum atomic E-state index is 12.4. The Morgan fingerprint density at radius 2 is 1.86 bits per heavy atom. The smallest absolute Gasteiger partial charge is 0.338 e. The highest BCUT2D eigenvalue weighted by molar-refractivity contribution is 5.91. The average Bonchev–Trinajstić information content (AvgIpc) is 3.27. The maximum Gasteiger partial charge on any atom is 0.338 e. The molecule has 3 aromatic rings. The van der Waals surface area contributed by atoms with E-state index in [-0.39, 0.29) is 18.9 Å². The predicted octanol–water partition coefficient (Wildman–Crippen LogP) is 4.25. The van der Waals surface area contributed by atoms with Gasteiger partial charge in [-0.2, -0.15) is 0 Å². The number of hydrogen-bond donors (Lipinski definition) is 2. The van der Waals surface area contributed by atoms with E-state index in [0.717, 1.165) is 18.4 Å². The molecule has 2 N–H and O–H groups in total. The molecule has 0 bridgehead atoms. The lowest BCUT2D eigenvalue weighted by atomic mass is 9.96. The van der Waals surface area contributed by atoms with E-state index in [1.54, 1.807) is 41.2 Å². The van der Waals surface area contributed by atoms with E-state index >= 15 is 0 Å². The predicted molar refractivity (Wildman–Crippen MR) is 139 cm³/mol. The number of nitrogens with one attached hydrogen (secondary N) is 1. The van der Waals surface area contributed by atoms with Crippen LogP contribution in [0.5, 0.6) is 5.75 Å². The summed E-state index contributed by atoms with van der Waals surface area (Å²) in [4.78, 5) is 40.5. The minimum atomic E-state index is -1.04. The molecule has 0 aliphatic heterocycles. The van der Waals surface area contributed by atoms with Crippen LogP contribution in [0, 0.1) is 6.92 Å². The number of rotatable bonds is 13. The molecule has 0 aliphatic carbocycles. The molecule has 0 spiro atoms. The number of ether oxygens (including phenoxy) is 2. The van der Waals surface area contributed by atoms with Crippen LogP contribution in [0.4, 0.5) is 0 Å². The van der Waals surface area contributed by atoms with Gasteiger partial charge in [0.15, 0.2) is 0 Å². The van der Waals surface area contributed by atoms with Crippen LogP contribution in [0.25, 0.3) is 0 Å². The number of aliphatic carboxylic acids is 1. The van der Waals surface area contributed by atoms with Crippen molar-refractivity contribution in [3.63, 3.8) is 0 Å². The van der Waals surface area contributed by atoms with Gasteiger partial charge in [0.25, 0.3) is 0 Å². The zero-order valence-electron chi connectivity index (χ0n) is 21.6. The van der Waals surface area contributed by atoms with Crippen LogP contribution in [0.2, 0.25) is 0 Å². The molecule has 37 heavy (non-hydrogen) atoms. The van der Waals surface area contributed by atoms with Crippen molar-refractivity contribution >= 4 is 17.7 Å². The van der Waals surface area contributed by atoms with Gasteiger partial charge < -0.3 is 20.0 Å². The molecule has 1 heterocycles. The van der Waals surface area contributed by atoms with Crippen molar-refractivity contribution in [1.82, 2.24) is 9.66 Å². The van der Waals surface area contributed by atoms with Crippen LogP contribution in [0.1, 0.15) is 71.2 Å². The van der Waals surface area contributed by atoms with Crippen molar-refractivity contribution < 1.29 is 29.0 Å². The Kier molecular flexibility index (Phi) is 9.43. The SMILES string of the molecule is CCCCc1ncc(C(C(=O)O)c2ccc(OCc3ccc(C)cc3C(=O)OC)cc2)n1NCC(C)=O. The highest BCUT2D eigenvalue weighted by Gasteiger charge is 2.28. The number of unbranched alkanes of at least 4 members (excludes halogenated alkanes) is 1. The van der Waals surface area contributed by atoms with E-state index < -0.39 is 17.9 Å². The van der Waals surface area contributed by atoms with E-state index in [2.05, 4.69) is 17.3 Å². The fourth-order valence-electron chi connectivity index (χ4n) is 3.97. The number of carbonyl (C=O) groups is 3. The third-order valence-corrected chi connectivity index (χ3v) is 5.92. The topological polar surface area (TPSA) is 120 Å². The van der Waals surface area contributed by atoms with Gasteiger partial charge in [0, 0.05) is 12.0 Å². The normalized spacial score (nSPS) is 11.6. The zero-order chi connectivity index (χ0) is 26.9. The highest BCUT2D eigenvalue weighted by atomic mass is 16.5. The molecule has 1 unspecified atom stereocenters. The molecule has 0 fully saturated rings. The molecule has 3 rings (SSSR count). The maximum absolute atomic E-state index is 12.4. The molecule has 0 radical (unpaired) electrons. The lowest BCUT2D eigenvalue weighted by Gasteiger charge is -2.19. The van der Waals surface area contributed by atoms with Crippen molar-refractivity contribution in [1.29, 1.82) is 0 Å². The Morgan fingerprint density at radius 3 is 2.49 bits per heavy atom. The van der Waals surface area contributed by atoms with Gasteiger partial charge in [-0.15, -0.1) is 0 Å². The summed E-state index contributed by atoms with van der Waals surface area (Å²) in [6.07, 6.45) is 4.06. The van der Waals surface area contributed by atoms with Gasteiger partial charge in [0.1, 0.15) is 29.9 Å². The van der Waals surface area contributed by atoms with Gasteiger partial charge in [0.05, 0.1) is 31.1 Å². The van der Waals surface area contributed by atoms with E-state index in [0.29, 0.717) is 40.4 Å². The second kappa shape index (κ2) is 12.7. The monoisotopic (exact) mass is 507 g/mol. The number of aryl methyl sites for hydroxylation is 2. The fraction of sp³-hybridized carbons (Fsp3) is 0.357. The molecule has 9 heteroatoms. The number of nitrogens with zero attached hydrogens (tertiary/aromatic N) is 2. The van der Waals surface area contributed by atoms with E-state index in [1.165, 1.54) is 14.0 Å². The van der Waals surface area contributed by atoms with E-state index in [9.17, 15) is 19.5 Å². The fourth-order valence-corrected chi connectivity index (χ4v) is 3.97. The van der Waals surface area contributed by atoms with E-state index in [4.69, 9.17) is 9.47 Å². The molecule has 0 saturated heterocycles. The van der Waals surface area contributed by atoms with Gasteiger partial charge in [0.2, 0.25) is 0 Å². The molecule has 2 aromatic carbocycles. The van der Waals surface area contributed by atoms with Gasteiger partial charge in [-0.05, 0) is 44.0 Å². The Hall–Kier alpha value is -4.14. The first-order chi connectivity index (χ1) is 17.7. The summed E-state index contributed by atoms with van der Waals surface area (Å²) in [7, 11) is 1.33. The first-order valence-corrected chi connectivity index (χ1v) is 12.2. The standard InChI is InChI=1S/C28H33N3O6/c1-5-6-7-25-29-16-24(31(25)30-15-19(3)32)26(27(33)34)20-10-12-22(13-11-20)37-17-21-9-8-18(2)14-23(21)28(35)36-4/h8-14,16,26,30H,5-7,15,17H2,1-4H3,(H,33,34). The van der Waals surface area contributed by atoms with Crippen LogP contribution >= 0.6 is 0 Å². The Balaban J connectivity index is 1.84. The lowest BCUT2D eigenvalue weighted by molar-refractivity contribution is -0.137. The van der Waals surface area contributed by atoms with Gasteiger partial charge in [-0.25, -0.2) is 14.5 Å². The number of carboxylic acids is 1. The van der Waals surface area contributed by atoms with Crippen LogP contribution in [0.3, 0.4) is 0 Å². The number of benzene rings is 2. The van der Waals surface area contributed by atoms with Gasteiger partial charge >= 0.3 is 11.9 Å². The lowest BCUT2D eigenvalue weighted by Crippen LogP contribution is -2.27. The van der Waals surface area contributed by atoms with Crippen molar-refractivity contribution in [3.05, 3.63) is 82.4 Å². The Labute approximate surface area is 216 Å². The first kappa shape index (κ1) is 27.4. The highest BCUT2D eigenvalue weighted by Crippen LogP contribution is 2.28. The quantitative estimate of drug-likeness (QED) is 0.330. The molecular formula is C28H33N3O6. The third-order valence-electron chi connectivity index (χ3n) is 5.92. The van der Waals surface area contributed by atoms with Crippen molar-refractivity contribution in [2.75, 3.05) is 19.1 Å². The molecule has 0 aliphatic rings. The number of carbonyl (C=O) groups excluding carboxylic acids is 2. The summed E-state index contributed by atoms with van der Waals surface area (Å²) in [5.41, 5.74) is 6.07. The van der Waals surface area contributed by atoms with E-state index in [1.807, 2.05) is 19.1 Å². The summed E-state index contributed by atoms with van der Waals surface area (Å²) < 4.78 is 12.4. The summed E-state index contributed by atoms with van der Waals surface area (Å²) in [5, 5.41) is 10.1. The molecule has 1 aromatic heterocycles. The van der Waals surface area contributed by atoms with Crippen LogP contribution in [0.15, 0.2) is 48.7 Å². The number of imidazole rings is 1. The molecule has 196 valence electrons.